The zero-order valence-corrected chi connectivity index (χ0v) is 8.73. The summed E-state index contributed by atoms with van der Waals surface area (Å²) in [6.07, 6.45) is 1.03. The van der Waals surface area contributed by atoms with E-state index in [0.717, 1.165) is 25.2 Å². The van der Waals surface area contributed by atoms with E-state index in [2.05, 4.69) is 5.32 Å². The van der Waals surface area contributed by atoms with Crippen LogP contribution in [0.2, 0.25) is 0 Å². The van der Waals surface area contributed by atoms with Gasteiger partial charge in [-0.1, -0.05) is 30.3 Å². The van der Waals surface area contributed by atoms with Crippen molar-refractivity contribution in [3.8, 4) is 0 Å². The van der Waals surface area contributed by atoms with Gasteiger partial charge in [-0.05, 0) is 12.0 Å². The van der Waals surface area contributed by atoms with Crippen LogP contribution < -0.4 is 5.32 Å². The minimum atomic E-state index is 0.0258. The maximum Gasteiger partial charge on any atom is 0.0626 e. The van der Waals surface area contributed by atoms with Crippen LogP contribution in [-0.4, -0.2) is 31.0 Å². The predicted octanol–water partition coefficient (Wildman–Crippen LogP) is 1.10. The Balaban J connectivity index is 1.97. The van der Waals surface area contributed by atoms with Gasteiger partial charge in [0, 0.05) is 12.6 Å². The van der Waals surface area contributed by atoms with E-state index >= 15 is 0 Å². The number of aliphatic hydroxyl groups excluding tert-OH is 1. The van der Waals surface area contributed by atoms with Gasteiger partial charge in [-0.2, -0.15) is 0 Å². The molecule has 0 aliphatic carbocycles. The van der Waals surface area contributed by atoms with Crippen LogP contribution in [-0.2, 0) is 4.74 Å². The summed E-state index contributed by atoms with van der Waals surface area (Å²) in [5, 5.41) is 12.7. The SMILES string of the molecule is OC[C@@H](NC1CCOC1)c1ccccc1. The summed E-state index contributed by atoms with van der Waals surface area (Å²) in [6.45, 7) is 1.70. The lowest BCUT2D eigenvalue weighted by Gasteiger charge is -2.20. The van der Waals surface area contributed by atoms with Crippen LogP contribution in [0, 0.1) is 0 Å². The molecule has 1 aromatic rings. The highest BCUT2D eigenvalue weighted by Gasteiger charge is 2.19. The first-order chi connectivity index (χ1) is 7.40. The number of hydrogen-bond donors (Lipinski definition) is 2. The summed E-state index contributed by atoms with van der Waals surface area (Å²) in [4.78, 5) is 0. The summed E-state index contributed by atoms with van der Waals surface area (Å²) in [7, 11) is 0. The zero-order valence-electron chi connectivity index (χ0n) is 8.73. The van der Waals surface area contributed by atoms with Gasteiger partial charge in [0.1, 0.15) is 0 Å². The molecule has 0 spiro atoms. The van der Waals surface area contributed by atoms with Gasteiger partial charge in [-0.15, -0.1) is 0 Å². The quantitative estimate of drug-likeness (QED) is 0.776. The number of hydrogen-bond acceptors (Lipinski definition) is 3. The van der Waals surface area contributed by atoms with Crippen LogP contribution >= 0.6 is 0 Å². The Labute approximate surface area is 90.1 Å². The fraction of sp³-hybridized carbons (Fsp3) is 0.500. The highest BCUT2D eigenvalue weighted by molar-refractivity contribution is 5.19. The van der Waals surface area contributed by atoms with Crippen LogP contribution in [0.1, 0.15) is 18.0 Å². The van der Waals surface area contributed by atoms with Crippen molar-refractivity contribution in [2.24, 2.45) is 0 Å². The van der Waals surface area contributed by atoms with Gasteiger partial charge >= 0.3 is 0 Å². The first-order valence-corrected chi connectivity index (χ1v) is 5.40. The second-order valence-corrected chi connectivity index (χ2v) is 3.87. The number of aliphatic hydroxyl groups is 1. The maximum absolute atomic E-state index is 9.34. The van der Waals surface area contributed by atoms with Crippen molar-refractivity contribution >= 4 is 0 Å². The third-order valence-corrected chi connectivity index (χ3v) is 2.75. The molecule has 0 saturated carbocycles. The van der Waals surface area contributed by atoms with Crippen LogP contribution in [0.3, 0.4) is 0 Å². The Morgan fingerprint density at radius 3 is 2.80 bits per heavy atom. The average molecular weight is 207 g/mol. The van der Waals surface area contributed by atoms with Crippen molar-refractivity contribution in [1.82, 2.24) is 5.32 Å². The van der Waals surface area contributed by atoms with Crippen molar-refractivity contribution in [2.45, 2.75) is 18.5 Å². The Kier molecular flexibility index (Phi) is 3.72. The van der Waals surface area contributed by atoms with E-state index in [4.69, 9.17) is 4.74 Å². The van der Waals surface area contributed by atoms with E-state index in [1.807, 2.05) is 30.3 Å². The normalized spacial score (nSPS) is 22.9. The van der Waals surface area contributed by atoms with Crippen LogP contribution in [0.5, 0.6) is 0 Å². The van der Waals surface area contributed by atoms with E-state index in [0.29, 0.717) is 6.04 Å². The monoisotopic (exact) mass is 207 g/mol. The van der Waals surface area contributed by atoms with Gasteiger partial charge in [0.05, 0.1) is 19.3 Å². The number of rotatable bonds is 4. The molecule has 2 N–H and O–H groups in total. The fourth-order valence-corrected chi connectivity index (χ4v) is 1.89. The first-order valence-electron chi connectivity index (χ1n) is 5.40. The molecule has 0 amide bonds. The molecule has 1 unspecified atom stereocenters. The molecular formula is C12H17NO2. The van der Waals surface area contributed by atoms with Gasteiger partial charge in [0.15, 0.2) is 0 Å². The molecule has 0 bridgehead atoms. The zero-order chi connectivity index (χ0) is 10.5. The molecular weight excluding hydrogens is 190 g/mol. The minimum absolute atomic E-state index is 0.0258. The topological polar surface area (TPSA) is 41.5 Å². The van der Waals surface area contributed by atoms with Gasteiger partial charge in [-0.3, -0.25) is 0 Å². The van der Waals surface area contributed by atoms with Crippen molar-refractivity contribution in [3.63, 3.8) is 0 Å². The Bertz CT molecular complexity index is 283. The van der Waals surface area contributed by atoms with Gasteiger partial charge < -0.3 is 15.2 Å². The Morgan fingerprint density at radius 1 is 1.40 bits per heavy atom. The molecule has 82 valence electrons. The predicted molar refractivity (Wildman–Crippen MR) is 58.6 cm³/mol. The molecule has 1 heterocycles. The summed E-state index contributed by atoms with van der Waals surface area (Å²) >= 11 is 0. The number of nitrogens with one attached hydrogen (secondary N) is 1. The van der Waals surface area contributed by atoms with Crippen LogP contribution in [0.4, 0.5) is 0 Å². The maximum atomic E-state index is 9.34. The van der Waals surface area contributed by atoms with Gasteiger partial charge in [0.2, 0.25) is 0 Å². The van der Waals surface area contributed by atoms with Crippen molar-refractivity contribution in [2.75, 3.05) is 19.8 Å². The van der Waals surface area contributed by atoms with E-state index in [9.17, 15) is 5.11 Å². The van der Waals surface area contributed by atoms with Crippen molar-refractivity contribution < 1.29 is 9.84 Å². The van der Waals surface area contributed by atoms with Crippen LogP contribution in [0.15, 0.2) is 30.3 Å². The van der Waals surface area contributed by atoms with E-state index in [1.165, 1.54) is 0 Å². The van der Waals surface area contributed by atoms with Crippen molar-refractivity contribution in [3.05, 3.63) is 35.9 Å². The third kappa shape index (κ3) is 2.78. The molecule has 3 nitrogen and oxygen atoms in total. The molecule has 1 aliphatic heterocycles. The largest absolute Gasteiger partial charge is 0.394 e. The standard InChI is InChI=1S/C12H17NO2/c14-8-12(10-4-2-1-3-5-10)13-11-6-7-15-9-11/h1-5,11-14H,6-9H2/t11?,12-/m1/s1. The highest BCUT2D eigenvalue weighted by atomic mass is 16.5. The molecule has 15 heavy (non-hydrogen) atoms. The summed E-state index contributed by atoms with van der Waals surface area (Å²) in [5.74, 6) is 0. The van der Waals surface area contributed by atoms with Gasteiger partial charge in [0.25, 0.3) is 0 Å². The molecule has 2 rings (SSSR count). The molecule has 2 atom stereocenters. The number of ether oxygens (including phenoxy) is 1. The fourth-order valence-electron chi connectivity index (χ4n) is 1.89. The Morgan fingerprint density at radius 2 is 2.20 bits per heavy atom. The molecule has 1 aliphatic rings. The lowest BCUT2D eigenvalue weighted by atomic mass is 10.1. The van der Waals surface area contributed by atoms with Gasteiger partial charge in [-0.25, -0.2) is 0 Å². The summed E-state index contributed by atoms with van der Waals surface area (Å²) < 4.78 is 5.29. The minimum Gasteiger partial charge on any atom is -0.394 e. The smallest absolute Gasteiger partial charge is 0.0626 e. The van der Waals surface area contributed by atoms with Crippen LogP contribution in [0.25, 0.3) is 0 Å². The molecule has 1 aromatic carbocycles. The molecule has 1 saturated heterocycles. The second kappa shape index (κ2) is 5.26. The lowest BCUT2D eigenvalue weighted by Crippen LogP contribution is -2.34. The summed E-state index contributed by atoms with van der Waals surface area (Å²) in [5.41, 5.74) is 1.13. The lowest BCUT2D eigenvalue weighted by molar-refractivity contribution is 0.180. The molecule has 0 radical (unpaired) electrons. The number of benzene rings is 1. The Hall–Kier alpha value is -0.900. The third-order valence-electron chi connectivity index (χ3n) is 2.75. The van der Waals surface area contributed by atoms with Crippen molar-refractivity contribution in [1.29, 1.82) is 0 Å². The first kappa shape index (κ1) is 10.6. The molecule has 0 aromatic heterocycles. The highest BCUT2D eigenvalue weighted by Crippen LogP contribution is 2.15. The van der Waals surface area contributed by atoms with E-state index < -0.39 is 0 Å². The van der Waals surface area contributed by atoms with E-state index in [-0.39, 0.29) is 12.6 Å². The molecule has 3 heteroatoms. The second-order valence-electron chi connectivity index (χ2n) is 3.87. The molecule has 1 fully saturated rings. The summed E-state index contributed by atoms with van der Waals surface area (Å²) in [6, 6.07) is 10.4. The van der Waals surface area contributed by atoms with E-state index in [1.54, 1.807) is 0 Å². The average Bonchev–Trinajstić information content (AvgIpc) is 2.80.